The van der Waals surface area contributed by atoms with Crippen LogP contribution in [0.5, 0.6) is 5.88 Å². The quantitative estimate of drug-likeness (QED) is 0.328. The van der Waals surface area contributed by atoms with Crippen LogP contribution in [0.4, 0.5) is 11.6 Å². The van der Waals surface area contributed by atoms with E-state index in [-0.39, 0.29) is 5.91 Å². The fraction of sp³-hybridized carbons (Fsp3) is 0.515. The largest absolute Gasteiger partial charge is 0.477 e. The zero-order valence-corrected chi connectivity index (χ0v) is 25.6. The average molecular weight is 583 g/mol. The van der Waals surface area contributed by atoms with Gasteiger partial charge in [0.25, 0.3) is 5.91 Å². The molecule has 4 heterocycles. The molecule has 2 aliphatic carbocycles. The van der Waals surface area contributed by atoms with Crippen LogP contribution in [-0.2, 0) is 13.6 Å². The molecule has 1 amide bonds. The summed E-state index contributed by atoms with van der Waals surface area (Å²) in [5.41, 5.74) is 5.81. The number of anilines is 2. The number of aromatic nitrogens is 5. The minimum atomic E-state index is -0.202. The number of amides is 1. The molecule has 3 aromatic heterocycles. The first-order valence-electron chi connectivity index (χ1n) is 15.7. The summed E-state index contributed by atoms with van der Waals surface area (Å²) >= 11 is 0. The van der Waals surface area contributed by atoms with Crippen LogP contribution < -0.4 is 15.4 Å². The predicted octanol–water partition coefficient (Wildman–Crippen LogP) is 5.49. The van der Waals surface area contributed by atoms with Crippen molar-refractivity contribution in [2.45, 2.75) is 70.5 Å². The third kappa shape index (κ3) is 5.72. The van der Waals surface area contributed by atoms with E-state index in [9.17, 15) is 4.79 Å². The lowest BCUT2D eigenvalue weighted by Crippen LogP contribution is -2.26. The first-order chi connectivity index (χ1) is 20.8. The summed E-state index contributed by atoms with van der Waals surface area (Å²) in [6.45, 7) is 3.32. The van der Waals surface area contributed by atoms with Crippen LogP contribution in [0.3, 0.4) is 0 Å². The van der Waals surface area contributed by atoms with Gasteiger partial charge >= 0.3 is 0 Å². The molecule has 0 spiro atoms. The van der Waals surface area contributed by atoms with Crippen LogP contribution in [0.15, 0.2) is 36.5 Å². The van der Waals surface area contributed by atoms with Gasteiger partial charge in [-0.3, -0.25) is 15.1 Å². The third-order valence-corrected chi connectivity index (χ3v) is 9.52. The van der Waals surface area contributed by atoms with E-state index in [0.717, 1.165) is 53.8 Å². The number of imidazole rings is 1. The summed E-state index contributed by atoms with van der Waals surface area (Å²) < 4.78 is 10.3. The highest BCUT2D eigenvalue weighted by molar-refractivity contribution is 6.05. The Morgan fingerprint density at radius 1 is 1.05 bits per heavy atom. The maximum Gasteiger partial charge on any atom is 0.258 e. The van der Waals surface area contributed by atoms with Crippen LogP contribution in [0.2, 0.25) is 0 Å². The second kappa shape index (κ2) is 11.3. The van der Waals surface area contributed by atoms with Gasteiger partial charge in [0.05, 0.1) is 35.1 Å². The number of carbonyl (C=O) groups is 1. The molecule has 1 aliphatic heterocycles. The van der Waals surface area contributed by atoms with Gasteiger partial charge in [-0.15, -0.1) is 0 Å². The number of hydrogen-bond donors (Lipinski definition) is 2. The number of fused-ring (bicyclic) bond motifs is 7. The first kappa shape index (κ1) is 27.9. The van der Waals surface area contributed by atoms with Gasteiger partial charge in [-0.1, -0.05) is 0 Å². The van der Waals surface area contributed by atoms with E-state index in [1.807, 2.05) is 26.1 Å². The summed E-state index contributed by atoms with van der Waals surface area (Å²) in [6, 6.07) is 11.1. The first-order valence-corrected chi connectivity index (χ1v) is 15.7. The molecule has 10 heteroatoms. The van der Waals surface area contributed by atoms with Gasteiger partial charge in [0.15, 0.2) is 0 Å². The molecule has 226 valence electrons. The number of ether oxygens (including phenoxy) is 1. The maximum atomic E-state index is 13.8. The molecule has 3 aliphatic rings. The van der Waals surface area contributed by atoms with Gasteiger partial charge < -0.3 is 19.5 Å². The van der Waals surface area contributed by atoms with Crippen molar-refractivity contribution in [2.24, 2.45) is 18.9 Å². The van der Waals surface area contributed by atoms with Crippen molar-refractivity contribution >= 4 is 28.6 Å². The molecule has 1 aromatic carbocycles. The SMILES string of the molecule is Cc1cc2cc(n1)-c1cnn(C)c1OCCC[C@@H](C1CC1)Cn1c(nc3ccc(N[C@H]4CC[C@@H](N(C)C)C4)cc31)NC2=O. The van der Waals surface area contributed by atoms with E-state index in [1.54, 1.807) is 10.9 Å². The number of aryl methyl sites for hydroxylation is 2. The van der Waals surface area contributed by atoms with Crippen molar-refractivity contribution in [1.29, 1.82) is 0 Å². The second-order valence-electron chi connectivity index (χ2n) is 12.9. The predicted molar refractivity (Wildman–Crippen MR) is 169 cm³/mol. The smallest absolute Gasteiger partial charge is 0.258 e. The van der Waals surface area contributed by atoms with Crippen molar-refractivity contribution in [3.63, 3.8) is 0 Å². The van der Waals surface area contributed by atoms with E-state index in [2.05, 4.69) is 57.5 Å². The van der Waals surface area contributed by atoms with Crippen molar-refractivity contribution in [1.82, 2.24) is 29.2 Å². The highest BCUT2D eigenvalue weighted by Crippen LogP contribution is 2.41. The molecule has 4 aromatic rings. The van der Waals surface area contributed by atoms with Crippen LogP contribution in [0, 0.1) is 18.8 Å². The highest BCUT2D eigenvalue weighted by Gasteiger charge is 2.33. The summed E-state index contributed by atoms with van der Waals surface area (Å²) in [6.07, 6.45) is 9.78. The zero-order chi connectivity index (χ0) is 29.7. The summed E-state index contributed by atoms with van der Waals surface area (Å²) in [7, 11) is 6.22. The molecule has 10 nitrogen and oxygen atoms in total. The average Bonchev–Trinajstić information content (AvgIpc) is 3.46. The second-order valence-corrected chi connectivity index (χ2v) is 12.9. The topological polar surface area (TPSA) is 102 Å². The van der Waals surface area contributed by atoms with Crippen molar-refractivity contribution in [2.75, 3.05) is 31.3 Å². The molecule has 43 heavy (non-hydrogen) atoms. The minimum Gasteiger partial charge on any atom is -0.477 e. The van der Waals surface area contributed by atoms with E-state index in [0.29, 0.717) is 53.6 Å². The number of nitrogens with zero attached hydrogens (tertiary/aromatic N) is 6. The Hall–Kier alpha value is -3.92. The Kier molecular flexibility index (Phi) is 7.33. The number of nitrogens with one attached hydrogen (secondary N) is 2. The molecule has 0 unspecified atom stereocenters. The van der Waals surface area contributed by atoms with Crippen LogP contribution in [-0.4, -0.2) is 67.9 Å². The van der Waals surface area contributed by atoms with E-state index < -0.39 is 0 Å². The van der Waals surface area contributed by atoms with Gasteiger partial charge in [0.2, 0.25) is 11.8 Å². The zero-order valence-electron chi connectivity index (χ0n) is 25.6. The summed E-state index contributed by atoms with van der Waals surface area (Å²) in [5.74, 6) is 2.24. The van der Waals surface area contributed by atoms with Crippen LogP contribution in [0.25, 0.3) is 22.3 Å². The molecule has 7 rings (SSSR count). The third-order valence-electron chi connectivity index (χ3n) is 9.52. The molecular formula is C33H42N8O2. The number of carbonyl (C=O) groups excluding carboxylic acids is 1. The Morgan fingerprint density at radius 3 is 2.70 bits per heavy atom. The standard InChI is InChI=1S/C33H42N8O2/c1-20-14-23-15-29(35-20)27-18-34-40(4)32(27)43-13-5-6-22(21-7-8-21)19-41-30-17-25(36-24-9-11-26(16-24)39(2)3)10-12-28(30)37-33(41)38-31(23)42/h10,12,14-15,17-18,21-22,24,26,36H,5-9,11,13,16,19H2,1-4H3,(H,37,38,42)/t22-,24+,26-/m1/s1. The number of hydrogen-bond acceptors (Lipinski definition) is 7. The van der Waals surface area contributed by atoms with Gasteiger partial charge in [-0.25, -0.2) is 9.67 Å². The summed E-state index contributed by atoms with van der Waals surface area (Å²) in [4.78, 5) is 25.8. The van der Waals surface area contributed by atoms with Crippen molar-refractivity contribution in [3.8, 4) is 17.1 Å². The lowest BCUT2D eigenvalue weighted by Gasteiger charge is -2.21. The monoisotopic (exact) mass is 582 g/mol. The van der Waals surface area contributed by atoms with E-state index >= 15 is 0 Å². The molecular weight excluding hydrogens is 540 g/mol. The molecule has 3 atom stereocenters. The summed E-state index contributed by atoms with van der Waals surface area (Å²) in [5, 5.41) is 11.4. The molecule has 2 saturated carbocycles. The van der Waals surface area contributed by atoms with E-state index in [4.69, 9.17) is 14.7 Å². The van der Waals surface area contributed by atoms with Gasteiger partial charge in [-0.05, 0) is 108 Å². The van der Waals surface area contributed by atoms with Crippen LogP contribution >= 0.6 is 0 Å². The molecule has 2 N–H and O–H groups in total. The Balaban J connectivity index is 1.25. The highest BCUT2D eigenvalue weighted by atomic mass is 16.5. The molecule has 0 saturated heterocycles. The van der Waals surface area contributed by atoms with Crippen molar-refractivity contribution < 1.29 is 9.53 Å². The molecule has 0 radical (unpaired) electrons. The van der Waals surface area contributed by atoms with Crippen molar-refractivity contribution in [3.05, 3.63) is 47.8 Å². The van der Waals surface area contributed by atoms with Gasteiger partial charge in [-0.2, -0.15) is 5.10 Å². The molecule has 2 bridgehead atoms. The minimum absolute atomic E-state index is 0.202. The number of rotatable bonds is 4. The Morgan fingerprint density at radius 2 is 1.91 bits per heavy atom. The van der Waals surface area contributed by atoms with E-state index in [1.165, 1.54) is 25.7 Å². The fourth-order valence-electron chi connectivity index (χ4n) is 6.96. The normalized spacial score (nSPS) is 22.8. The lowest BCUT2D eigenvalue weighted by atomic mass is 9.97. The maximum absolute atomic E-state index is 13.8. The Bertz CT molecular complexity index is 1650. The number of benzene rings is 1. The lowest BCUT2D eigenvalue weighted by molar-refractivity contribution is 0.102. The van der Waals surface area contributed by atoms with Gasteiger partial charge in [0, 0.05) is 42.6 Å². The number of pyridine rings is 1. The fourth-order valence-corrected chi connectivity index (χ4v) is 6.96. The van der Waals surface area contributed by atoms with Crippen LogP contribution in [0.1, 0.15) is 61.0 Å². The Labute approximate surface area is 252 Å². The molecule has 2 fully saturated rings. The van der Waals surface area contributed by atoms with Gasteiger partial charge in [0.1, 0.15) is 0 Å².